The van der Waals surface area contributed by atoms with E-state index in [-0.39, 0.29) is 12.4 Å². The minimum absolute atomic E-state index is 0.0682. The molecule has 0 heterocycles. The highest BCUT2D eigenvalue weighted by atomic mass is 35.5. The SMILES string of the molecule is Cc1cc(Cl)cc(C)c1OCC(=O)c1ccc(Cl)c(Cl)c1. The van der Waals surface area contributed by atoms with Crippen LogP contribution >= 0.6 is 34.8 Å². The van der Waals surface area contributed by atoms with E-state index in [0.29, 0.717) is 26.4 Å². The van der Waals surface area contributed by atoms with Crippen LogP contribution in [0.1, 0.15) is 21.5 Å². The lowest BCUT2D eigenvalue weighted by molar-refractivity contribution is 0.0920. The van der Waals surface area contributed by atoms with Gasteiger partial charge in [-0.2, -0.15) is 0 Å². The summed E-state index contributed by atoms with van der Waals surface area (Å²) in [4.78, 5) is 12.1. The summed E-state index contributed by atoms with van der Waals surface area (Å²) in [5.74, 6) is 0.509. The van der Waals surface area contributed by atoms with E-state index in [1.54, 1.807) is 24.3 Å². The molecule has 2 rings (SSSR count). The van der Waals surface area contributed by atoms with E-state index in [0.717, 1.165) is 11.1 Å². The number of carbonyl (C=O) groups excluding carboxylic acids is 1. The van der Waals surface area contributed by atoms with E-state index in [1.807, 2.05) is 13.8 Å². The Labute approximate surface area is 138 Å². The van der Waals surface area contributed by atoms with Gasteiger partial charge in [-0.05, 0) is 55.3 Å². The standard InChI is InChI=1S/C16H13Cl3O2/c1-9-5-12(17)6-10(2)16(9)21-8-15(20)11-3-4-13(18)14(19)7-11/h3-7H,8H2,1-2H3. The first-order valence-electron chi connectivity index (χ1n) is 6.26. The molecular formula is C16H13Cl3O2. The predicted octanol–water partition coefficient (Wildman–Crippen LogP) is 5.53. The third-order valence-electron chi connectivity index (χ3n) is 3.01. The normalized spacial score (nSPS) is 10.5. The predicted molar refractivity (Wildman–Crippen MR) is 87.2 cm³/mol. The minimum Gasteiger partial charge on any atom is -0.485 e. The summed E-state index contributed by atoms with van der Waals surface area (Å²) < 4.78 is 5.62. The van der Waals surface area contributed by atoms with E-state index < -0.39 is 0 Å². The molecule has 0 aromatic heterocycles. The number of ether oxygens (including phenoxy) is 1. The van der Waals surface area contributed by atoms with Gasteiger partial charge >= 0.3 is 0 Å². The van der Waals surface area contributed by atoms with Gasteiger partial charge in [0, 0.05) is 10.6 Å². The first kappa shape index (κ1) is 16.2. The molecule has 0 saturated carbocycles. The Bertz CT molecular complexity index is 673. The molecule has 0 saturated heterocycles. The molecular weight excluding hydrogens is 331 g/mol. The molecule has 0 N–H and O–H groups in total. The zero-order valence-corrected chi connectivity index (χ0v) is 13.8. The fraction of sp³-hybridized carbons (Fsp3) is 0.188. The summed E-state index contributed by atoms with van der Waals surface area (Å²) in [5.41, 5.74) is 2.25. The van der Waals surface area contributed by atoms with Gasteiger partial charge in [0.25, 0.3) is 0 Å². The lowest BCUT2D eigenvalue weighted by Crippen LogP contribution is -2.12. The van der Waals surface area contributed by atoms with E-state index in [2.05, 4.69) is 0 Å². The molecule has 21 heavy (non-hydrogen) atoms. The van der Waals surface area contributed by atoms with Crippen molar-refractivity contribution in [3.63, 3.8) is 0 Å². The van der Waals surface area contributed by atoms with E-state index in [4.69, 9.17) is 39.5 Å². The largest absolute Gasteiger partial charge is 0.485 e. The summed E-state index contributed by atoms with van der Waals surface area (Å²) in [6, 6.07) is 8.36. The first-order chi connectivity index (χ1) is 9.88. The zero-order valence-electron chi connectivity index (χ0n) is 11.5. The van der Waals surface area contributed by atoms with Gasteiger partial charge in [-0.15, -0.1) is 0 Å². The van der Waals surface area contributed by atoms with Crippen LogP contribution < -0.4 is 4.74 Å². The van der Waals surface area contributed by atoms with Crippen LogP contribution in [0.15, 0.2) is 30.3 Å². The molecule has 0 atom stereocenters. The lowest BCUT2D eigenvalue weighted by atomic mass is 10.1. The van der Waals surface area contributed by atoms with Crippen LogP contribution in [0.5, 0.6) is 5.75 Å². The van der Waals surface area contributed by atoms with Gasteiger partial charge in [0.15, 0.2) is 12.4 Å². The Balaban J connectivity index is 2.13. The summed E-state index contributed by atoms with van der Waals surface area (Å²) in [7, 11) is 0. The van der Waals surface area contributed by atoms with Crippen molar-refractivity contribution in [2.75, 3.05) is 6.61 Å². The Morgan fingerprint density at radius 2 is 1.62 bits per heavy atom. The number of halogens is 3. The molecule has 2 aromatic carbocycles. The van der Waals surface area contributed by atoms with E-state index >= 15 is 0 Å². The Kier molecular flexibility index (Phi) is 5.15. The Hall–Kier alpha value is -1.22. The fourth-order valence-corrected chi connectivity index (χ4v) is 2.64. The third kappa shape index (κ3) is 3.91. The van der Waals surface area contributed by atoms with Crippen molar-refractivity contribution in [2.45, 2.75) is 13.8 Å². The minimum atomic E-state index is -0.165. The Morgan fingerprint density at radius 1 is 1.00 bits per heavy atom. The van der Waals surface area contributed by atoms with Gasteiger partial charge < -0.3 is 4.74 Å². The number of carbonyl (C=O) groups is 1. The van der Waals surface area contributed by atoms with Crippen LogP contribution in [0.25, 0.3) is 0 Å². The highest BCUT2D eigenvalue weighted by Crippen LogP contribution is 2.27. The maximum absolute atomic E-state index is 12.1. The van der Waals surface area contributed by atoms with Gasteiger partial charge in [-0.25, -0.2) is 0 Å². The maximum Gasteiger partial charge on any atom is 0.200 e. The zero-order chi connectivity index (χ0) is 15.6. The first-order valence-corrected chi connectivity index (χ1v) is 7.39. The molecule has 0 aliphatic carbocycles. The van der Waals surface area contributed by atoms with Gasteiger partial charge in [0.2, 0.25) is 0 Å². The van der Waals surface area contributed by atoms with Gasteiger partial charge in [-0.3, -0.25) is 4.79 Å². The number of hydrogen-bond acceptors (Lipinski definition) is 2. The molecule has 0 aliphatic heterocycles. The Morgan fingerprint density at radius 3 is 2.19 bits per heavy atom. The second kappa shape index (κ2) is 6.69. The maximum atomic E-state index is 12.1. The van der Waals surface area contributed by atoms with E-state index in [1.165, 1.54) is 6.07 Å². The van der Waals surface area contributed by atoms with E-state index in [9.17, 15) is 4.79 Å². The third-order valence-corrected chi connectivity index (χ3v) is 3.97. The number of hydrogen-bond donors (Lipinski definition) is 0. The molecule has 2 aromatic rings. The second-order valence-electron chi connectivity index (χ2n) is 4.71. The van der Waals surface area contributed by atoms with Crippen molar-refractivity contribution in [1.29, 1.82) is 0 Å². The van der Waals surface area contributed by atoms with Crippen LogP contribution in [0.3, 0.4) is 0 Å². The van der Waals surface area contributed by atoms with Crippen LogP contribution in [0.2, 0.25) is 15.1 Å². The van der Waals surface area contributed by atoms with Crippen molar-refractivity contribution < 1.29 is 9.53 Å². The van der Waals surface area contributed by atoms with Crippen LogP contribution in [-0.2, 0) is 0 Å². The number of rotatable bonds is 4. The summed E-state index contributed by atoms with van der Waals surface area (Å²) in [6.45, 7) is 3.71. The highest BCUT2D eigenvalue weighted by molar-refractivity contribution is 6.42. The van der Waals surface area contributed by atoms with Crippen molar-refractivity contribution >= 4 is 40.6 Å². The average Bonchev–Trinajstić information content (AvgIpc) is 2.40. The average molecular weight is 344 g/mol. The molecule has 0 spiro atoms. The lowest BCUT2D eigenvalue weighted by Gasteiger charge is -2.12. The van der Waals surface area contributed by atoms with Crippen LogP contribution in [0.4, 0.5) is 0 Å². The molecule has 5 heteroatoms. The highest BCUT2D eigenvalue weighted by Gasteiger charge is 2.12. The topological polar surface area (TPSA) is 26.3 Å². The number of Topliss-reactive ketones (excluding diaryl/α,β-unsaturated/α-hetero) is 1. The second-order valence-corrected chi connectivity index (χ2v) is 5.96. The quantitative estimate of drug-likeness (QED) is 0.683. The number of benzene rings is 2. The van der Waals surface area contributed by atoms with Crippen molar-refractivity contribution in [3.8, 4) is 5.75 Å². The summed E-state index contributed by atoms with van der Waals surface area (Å²) in [5, 5.41) is 1.41. The fourth-order valence-electron chi connectivity index (χ4n) is 2.02. The van der Waals surface area contributed by atoms with Gasteiger partial charge in [0.1, 0.15) is 5.75 Å². The van der Waals surface area contributed by atoms with Crippen LogP contribution in [0, 0.1) is 13.8 Å². The molecule has 110 valence electrons. The smallest absolute Gasteiger partial charge is 0.200 e. The molecule has 0 unspecified atom stereocenters. The monoisotopic (exact) mass is 342 g/mol. The van der Waals surface area contributed by atoms with Crippen molar-refractivity contribution in [2.24, 2.45) is 0 Å². The molecule has 0 bridgehead atoms. The van der Waals surface area contributed by atoms with Gasteiger partial charge in [0.05, 0.1) is 10.0 Å². The van der Waals surface area contributed by atoms with Crippen molar-refractivity contribution in [1.82, 2.24) is 0 Å². The van der Waals surface area contributed by atoms with Crippen molar-refractivity contribution in [3.05, 3.63) is 62.1 Å². The summed E-state index contributed by atoms with van der Waals surface area (Å²) >= 11 is 17.7. The molecule has 0 amide bonds. The molecule has 0 radical (unpaired) electrons. The molecule has 0 fully saturated rings. The summed E-state index contributed by atoms with van der Waals surface area (Å²) in [6.07, 6.45) is 0. The molecule has 0 aliphatic rings. The van der Waals surface area contributed by atoms with Crippen LogP contribution in [-0.4, -0.2) is 12.4 Å². The van der Waals surface area contributed by atoms with Gasteiger partial charge in [-0.1, -0.05) is 34.8 Å². The molecule has 2 nitrogen and oxygen atoms in total. The number of ketones is 1. The number of aryl methyl sites for hydroxylation is 2.